The van der Waals surface area contributed by atoms with Gasteiger partial charge >= 0.3 is 23.5 Å². The predicted molar refractivity (Wildman–Crippen MR) is 98.5 cm³/mol. The van der Waals surface area contributed by atoms with Gasteiger partial charge in [0.25, 0.3) is 0 Å². The van der Waals surface area contributed by atoms with Gasteiger partial charge in [0.1, 0.15) is 17.8 Å². The summed E-state index contributed by atoms with van der Waals surface area (Å²) in [6.07, 6.45) is -2.06. The van der Waals surface area contributed by atoms with Crippen LogP contribution in [-0.2, 0) is 31.6 Å². The number of nitrogen functional groups attached to an aromatic ring is 2. The molecule has 0 aliphatic carbocycles. The van der Waals surface area contributed by atoms with Gasteiger partial charge in [0.15, 0.2) is 11.5 Å². The van der Waals surface area contributed by atoms with Crippen LogP contribution in [0.1, 0.15) is 12.6 Å². The summed E-state index contributed by atoms with van der Waals surface area (Å²) in [5, 5.41) is 10.2. The second kappa shape index (κ2) is 8.44. The molecule has 0 amide bonds. The zero-order chi connectivity index (χ0) is 23.2. The Morgan fingerprint density at radius 1 is 1.13 bits per heavy atom. The average Bonchev–Trinajstić information content (AvgIpc) is 3.13. The number of hydrogen-bond acceptors (Lipinski definition) is 13. The minimum atomic E-state index is -5.66. The van der Waals surface area contributed by atoms with Gasteiger partial charge in [0.2, 0.25) is 5.95 Å². The van der Waals surface area contributed by atoms with E-state index in [1.807, 2.05) is 0 Å². The molecule has 0 spiro atoms. The molecule has 18 nitrogen and oxygen atoms in total. The molecule has 1 aliphatic heterocycles. The zero-order valence-corrected chi connectivity index (χ0v) is 17.8. The smallest absolute Gasteiger partial charge is 0.390 e. The maximum Gasteiger partial charge on any atom is 0.490 e. The number of hydrogen-bond donors (Lipinski definition) is 7. The lowest BCUT2D eigenvalue weighted by Gasteiger charge is -2.19. The van der Waals surface area contributed by atoms with Gasteiger partial charge in [0.05, 0.1) is 19.0 Å². The van der Waals surface area contributed by atoms with Crippen molar-refractivity contribution < 1.29 is 56.3 Å². The Morgan fingerprint density at radius 3 is 2.45 bits per heavy atom. The summed E-state index contributed by atoms with van der Waals surface area (Å²) in [6.45, 7) is -0.812. The van der Waals surface area contributed by atoms with E-state index in [1.165, 1.54) is 10.9 Å². The van der Waals surface area contributed by atoms with Crippen LogP contribution in [-0.4, -0.2) is 63.0 Å². The molecular formula is C10H17N6O12P3. The number of ether oxygens (including phenoxy) is 1. The van der Waals surface area contributed by atoms with Crippen LogP contribution >= 0.6 is 23.5 Å². The van der Waals surface area contributed by atoms with E-state index in [4.69, 9.17) is 30.9 Å². The lowest BCUT2D eigenvalue weighted by Crippen LogP contribution is -2.26. The first-order valence-corrected chi connectivity index (χ1v) is 12.6. The largest absolute Gasteiger partial charge is 0.490 e. The Hall–Kier alpha value is -1.52. The third-order valence-electron chi connectivity index (χ3n) is 3.80. The first-order chi connectivity index (χ1) is 14.2. The minimum Gasteiger partial charge on any atom is -0.390 e. The van der Waals surface area contributed by atoms with E-state index in [1.54, 1.807) is 0 Å². The number of nitrogens with two attached hydrogens (primary N) is 2. The number of phosphoric ester groups is 1. The van der Waals surface area contributed by atoms with Crippen molar-refractivity contribution >= 4 is 46.4 Å². The summed E-state index contributed by atoms with van der Waals surface area (Å²) in [5.74, 6) is -0.112. The first kappa shape index (κ1) is 24.1. The van der Waals surface area contributed by atoms with E-state index < -0.39 is 48.5 Å². The van der Waals surface area contributed by atoms with E-state index >= 15 is 0 Å². The van der Waals surface area contributed by atoms with E-state index in [9.17, 15) is 23.7 Å². The molecule has 0 bridgehead atoms. The lowest BCUT2D eigenvalue weighted by molar-refractivity contribution is -0.0423. The average molecular weight is 506 g/mol. The topological polar surface area (TPSA) is 285 Å². The Labute approximate surface area is 172 Å². The van der Waals surface area contributed by atoms with Gasteiger partial charge in [-0.3, -0.25) is 9.09 Å². The molecule has 0 aromatic carbocycles. The molecule has 1 aliphatic rings. The normalized spacial score (nSPS) is 26.0. The monoisotopic (exact) mass is 506 g/mol. The highest BCUT2D eigenvalue weighted by molar-refractivity contribution is 7.66. The molecule has 174 valence electrons. The van der Waals surface area contributed by atoms with Crippen molar-refractivity contribution in [3.05, 3.63) is 6.33 Å². The summed E-state index contributed by atoms with van der Waals surface area (Å²) < 4.78 is 52.3. The van der Waals surface area contributed by atoms with Crippen LogP contribution in [0.2, 0.25) is 0 Å². The number of aromatic nitrogens is 4. The van der Waals surface area contributed by atoms with Crippen molar-refractivity contribution in [2.45, 2.75) is 24.9 Å². The molecule has 5 unspecified atom stereocenters. The van der Waals surface area contributed by atoms with Crippen LogP contribution in [0.3, 0.4) is 0 Å². The van der Waals surface area contributed by atoms with Crippen LogP contribution in [0.5, 0.6) is 0 Å². The van der Waals surface area contributed by atoms with Gasteiger partial charge in [-0.25, -0.2) is 18.7 Å². The molecule has 2 aromatic rings. The van der Waals surface area contributed by atoms with Crippen molar-refractivity contribution in [2.75, 3.05) is 18.1 Å². The number of anilines is 2. The van der Waals surface area contributed by atoms with Crippen LogP contribution in [0.25, 0.3) is 11.2 Å². The highest BCUT2D eigenvalue weighted by Crippen LogP contribution is 2.66. The molecule has 1 fully saturated rings. The van der Waals surface area contributed by atoms with Gasteiger partial charge in [0, 0.05) is 6.42 Å². The second-order valence-corrected chi connectivity index (χ2v) is 10.5. The molecule has 1 saturated heterocycles. The highest BCUT2D eigenvalue weighted by atomic mass is 31.3. The SMILES string of the molecule is Nc1nc(N)c2ncn(C3CC(O)C(COP(=O)(O)OP(=O)(O)OP(=O)(O)O)O3)c2n1. The second-order valence-electron chi connectivity index (χ2n) is 6.11. The van der Waals surface area contributed by atoms with Crippen molar-refractivity contribution in [3.8, 4) is 0 Å². The molecular weight excluding hydrogens is 489 g/mol. The zero-order valence-electron chi connectivity index (χ0n) is 15.1. The van der Waals surface area contributed by atoms with Crippen LogP contribution in [0.15, 0.2) is 6.33 Å². The van der Waals surface area contributed by atoms with Crippen LogP contribution in [0, 0.1) is 0 Å². The van der Waals surface area contributed by atoms with Crippen molar-refractivity contribution in [1.29, 1.82) is 0 Å². The van der Waals surface area contributed by atoms with Crippen molar-refractivity contribution in [1.82, 2.24) is 19.5 Å². The van der Waals surface area contributed by atoms with Gasteiger partial charge in [-0.2, -0.15) is 18.6 Å². The van der Waals surface area contributed by atoms with Gasteiger partial charge in [-0.05, 0) is 0 Å². The van der Waals surface area contributed by atoms with E-state index in [2.05, 4.69) is 28.1 Å². The first-order valence-electron chi connectivity index (χ1n) is 8.03. The number of imidazole rings is 1. The maximum absolute atomic E-state index is 11.8. The summed E-state index contributed by atoms with van der Waals surface area (Å²) >= 11 is 0. The summed E-state index contributed by atoms with van der Waals surface area (Å²) in [6, 6.07) is 0. The fraction of sp³-hybridized carbons (Fsp3) is 0.500. The Morgan fingerprint density at radius 2 is 1.81 bits per heavy atom. The third kappa shape index (κ3) is 6.04. The van der Waals surface area contributed by atoms with Gasteiger partial charge < -0.3 is 40.9 Å². The number of rotatable bonds is 8. The Kier molecular flexibility index (Phi) is 6.57. The number of aliphatic hydroxyl groups is 1. The fourth-order valence-corrected chi connectivity index (χ4v) is 5.70. The minimum absolute atomic E-state index is 0.0176. The van der Waals surface area contributed by atoms with Crippen molar-refractivity contribution in [3.63, 3.8) is 0 Å². The molecule has 5 atom stereocenters. The third-order valence-corrected chi connectivity index (χ3v) is 7.60. The standard InChI is InChI=1S/C10H17N6O12P3/c11-8-7-9(15-10(12)14-8)16(3-13-7)6-1-4(17)5(26-6)2-25-30(21,22)28-31(23,24)27-29(18,19)20/h3-6,17H,1-2H2,(H,21,22)(H,23,24)(H2,18,19,20)(H4,11,12,14,15). The molecule has 21 heteroatoms. The van der Waals surface area contributed by atoms with Crippen LogP contribution in [0.4, 0.5) is 11.8 Å². The quantitative estimate of drug-likeness (QED) is 0.211. The van der Waals surface area contributed by atoms with Crippen molar-refractivity contribution in [2.24, 2.45) is 0 Å². The molecule has 3 rings (SSSR count). The fourth-order valence-electron chi connectivity index (χ4n) is 2.67. The molecule has 31 heavy (non-hydrogen) atoms. The van der Waals surface area contributed by atoms with Gasteiger partial charge in [-0.1, -0.05) is 0 Å². The van der Waals surface area contributed by atoms with Crippen LogP contribution < -0.4 is 11.5 Å². The molecule has 0 radical (unpaired) electrons. The van der Waals surface area contributed by atoms with E-state index in [0.717, 1.165) is 0 Å². The molecule has 2 aromatic heterocycles. The summed E-state index contributed by atoms with van der Waals surface area (Å²) in [7, 11) is -16.5. The Bertz CT molecular complexity index is 1120. The molecule has 0 saturated carbocycles. The molecule has 9 N–H and O–H groups in total. The number of fused-ring (bicyclic) bond motifs is 1. The molecule has 3 heterocycles. The Balaban J connectivity index is 1.66. The summed E-state index contributed by atoms with van der Waals surface area (Å²) in [5.41, 5.74) is 11.7. The summed E-state index contributed by atoms with van der Waals surface area (Å²) in [4.78, 5) is 47.4. The predicted octanol–water partition coefficient (Wildman–Crippen LogP) is -1.02. The highest BCUT2D eigenvalue weighted by Gasteiger charge is 2.43. The lowest BCUT2D eigenvalue weighted by atomic mass is 10.2. The number of phosphoric acid groups is 3. The number of aliphatic hydroxyl groups excluding tert-OH is 1. The van der Waals surface area contributed by atoms with E-state index in [0.29, 0.717) is 0 Å². The van der Waals surface area contributed by atoms with E-state index in [-0.39, 0.29) is 29.4 Å². The number of nitrogens with zero attached hydrogens (tertiary/aromatic N) is 4. The maximum atomic E-state index is 11.8. The van der Waals surface area contributed by atoms with Gasteiger partial charge in [-0.15, -0.1) is 0 Å².